The number of amides is 1. The number of morpholine rings is 1. The van der Waals surface area contributed by atoms with Crippen LogP contribution in [0, 0.1) is 17.2 Å². The van der Waals surface area contributed by atoms with Crippen LogP contribution >= 0.6 is 0 Å². The van der Waals surface area contributed by atoms with Crippen LogP contribution in [-0.4, -0.2) is 54.2 Å². The van der Waals surface area contributed by atoms with Gasteiger partial charge in [0.05, 0.1) is 17.7 Å². The lowest BCUT2D eigenvalue weighted by Gasteiger charge is -2.36. The number of hydrogen-bond donors (Lipinski definition) is 0. The first kappa shape index (κ1) is 13.5. The van der Waals surface area contributed by atoms with Gasteiger partial charge in [0.25, 0.3) is 0 Å². The number of fused-ring (bicyclic) bond motifs is 1. The van der Waals surface area contributed by atoms with Gasteiger partial charge >= 0.3 is 0 Å². The number of rotatable bonds is 3. The van der Waals surface area contributed by atoms with E-state index >= 15 is 0 Å². The molecule has 3 fully saturated rings. The molecule has 3 heterocycles. The van der Waals surface area contributed by atoms with E-state index in [0.29, 0.717) is 11.5 Å². The Morgan fingerprint density at radius 3 is 2.91 bits per heavy atom. The zero-order valence-corrected chi connectivity index (χ0v) is 12.3. The van der Waals surface area contributed by atoms with Crippen LogP contribution in [0.1, 0.15) is 18.4 Å². The molecule has 2 saturated heterocycles. The Hall–Kier alpha value is -2.13. The molecule has 3 aliphatic rings. The maximum absolute atomic E-state index is 12.2. The quantitative estimate of drug-likeness (QED) is 0.825. The Bertz CT molecular complexity index is 620. The molecule has 0 N–H and O–H groups in total. The molecule has 0 spiro atoms. The molecule has 2 atom stereocenters. The standard InChI is InChI=1S/C16H18N4O2/c17-5-12-3-4-15(18-6-12)19-8-13-14(9-19)22-10-16(21)20(13)7-11-1-2-11/h3-4,6,11,13-14H,1-2,7-10H2. The van der Waals surface area contributed by atoms with Gasteiger partial charge in [-0.05, 0) is 30.9 Å². The summed E-state index contributed by atoms with van der Waals surface area (Å²) in [5.41, 5.74) is 0.558. The van der Waals surface area contributed by atoms with Crippen molar-refractivity contribution in [3.8, 4) is 6.07 Å². The number of carbonyl (C=O) groups excluding carboxylic acids is 1. The molecule has 1 aromatic heterocycles. The van der Waals surface area contributed by atoms with Gasteiger partial charge in [-0.2, -0.15) is 5.26 Å². The molecule has 1 aliphatic carbocycles. The Morgan fingerprint density at radius 1 is 1.36 bits per heavy atom. The SMILES string of the molecule is N#Cc1ccc(N2CC3OCC(=O)N(CC4CC4)C3C2)nc1. The first-order valence-corrected chi connectivity index (χ1v) is 7.77. The van der Waals surface area contributed by atoms with Crippen molar-refractivity contribution in [1.82, 2.24) is 9.88 Å². The highest BCUT2D eigenvalue weighted by molar-refractivity contribution is 5.79. The van der Waals surface area contributed by atoms with Crippen molar-refractivity contribution in [3.63, 3.8) is 0 Å². The van der Waals surface area contributed by atoms with E-state index in [1.807, 2.05) is 11.0 Å². The number of aromatic nitrogens is 1. The lowest BCUT2D eigenvalue weighted by atomic mass is 10.1. The van der Waals surface area contributed by atoms with Gasteiger partial charge in [0.15, 0.2) is 0 Å². The molecule has 2 unspecified atom stereocenters. The van der Waals surface area contributed by atoms with Crippen molar-refractivity contribution in [2.45, 2.75) is 25.0 Å². The van der Waals surface area contributed by atoms with E-state index in [0.717, 1.165) is 25.5 Å². The molecule has 0 aromatic carbocycles. The number of anilines is 1. The highest BCUT2D eigenvalue weighted by Crippen LogP contribution is 2.33. The second-order valence-electron chi connectivity index (χ2n) is 6.33. The minimum Gasteiger partial charge on any atom is -0.364 e. The fourth-order valence-electron chi connectivity index (χ4n) is 3.31. The van der Waals surface area contributed by atoms with Gasteiger partial charge in [-0.3, -0.25) is 4.79 Å². The fourth-order valence-corrected chi connectivity index (χ4v) is 3.31. The molecule has 1 saturated carbocycles. The Labute approximate surface area is 129 Å². The fraction of sp³-hybridized carbons (Fsp3) is 0.562. The molecule has 114 valence electrons. The molecule has 22 heavy (non-hydrogen) atoms. The van der Waals surface area contributed by atoms with Crippen molar-refractivity contribution in [1.29, 1.82) is 5.26 Å². The van der Waals surface area contributed by atoms with Crippen LogP contribution in [-0.2, 0) is 9.53 Å². The predicted molar refractivity (Wildman–Crippen MR) is 79.1 cm³/mol. The number of nitrogens with zero attached hydrogens (tertiary/aromatic N) is 4. The summed E-state index contributed by atoms with van der Waals surface area (Å²) in [6.07, 6.45) is 4.13. The van der Waals surface area contributed by atoms with Crippen LogP contribution in [0.4, 0.5) is 5.82 Å². The van der Waals surface area contributed by atoms with Crippen LogP contribution in [0.15, 0.2) is 18.3 Å². The zero-order chi connectivity index (χ0) is 15.1. The number of carbonyl (C=O) groups is 1. The van der Waals surface area contributed by atoms with Crippen molar-refractivity contribution >= 4 is 11.7 Å². The van der Waals surface area contributed by atoms with Gasteiger partial charge in [0.2, 0.25) is 5.91 Å². The van der Waals surface area contributed by atoms with E-state index < -0.39 is 0 Å². The van der Waals surface area contributed by atoms with E-state index in [9.17, 15) is 4.79 Å². The molecule has 1 amide bonds. The monoisotopic (exact) mass is 298 g/mol. The van der Waals surface area contributed by atoms with Crippen molar-refractivity contribution in [2.24, 2.45) is 5.92 Å². The summed E-state index contributed by atoms with van der Waals surface area (Å²) in [5.74, 6) is 1.64. The highest BCUT2D eigenvalue weighted by Gasteiger charge is 2.44. The number of hydrogen-bond acceptors (Lipinski definition) is 5. The summed E-state index contributed by atoms with van der Waals surface area (Å²) in [6.45, 7) is 2.57. The maximum Gasteiger partial charge on any atom is 0.248 e. The van der Waals surface area contributed by atoms with Gasteiger partial charge in [-0.1, -0.05) is 0 Å². The Morgan fingerprint density at radius 2 is 2.23 bits per heavy atom. The number of pyridine rings is 1. The van der Waals surface area contributed by atoms with E-state index in [2.05, 4.69) is 16.0 Å². The topological polar surface area (TPSA) is 69.5 Å². The van der Waals surface area contributed by atoms with E-state index in [1.165, 1.54) is 12.8 Å². The minimum atomic E-state index is 0.0638. The third-order valence-corrected chi connectivity index (χ3v) is 4.73. The lowest BCUT2D eigenvalue weighted by Crippen LogP contribution is -2.54. The molecule has 1 aromatic rings. The minimum absolute atomic E-state index is 0.0638. The summed E-state index contributed by atoms with van der Waals surface area (Å²) < 4.78 is 5.73. The molecule has 6 heteroatoms. The first-order chi connectivity index (χ1) is 10.7. The van der Waals surface area contributed by atoms with E-state index in [-0.39, 0.29) is 24.7 Å². The smallest absolute Gasteiger partial charge is 0.248 e. The predicted octanol–water partition coefficient (Wildman–Crippen LogP) is 0.779. The van der Waals surface area contributed by atoms with Crippen LogP contribution in [0.2, 0.25) is 0 Å². The van der Waals surface area contributed by atoms with Crippen LogP contribution in [0.3, 0.4) is 0 Å². The largest absolute Gasteiger partial charge is 0.364 e. The van der Waals surface area contributed by atoms with Crippen LogP contribution in [0.25, 0.3) is 0 Å². The van der Waals surface area contributed by atoms with Gasteiger partial charge in [0.1, 0.15) is 18.5 Å². The summed E-state index contributed by atoms with van der Waals surface area (Å²) in [4.78, 5) is 20.7. The average Bonchev–Trinajstić information content (AvgIpc) is 3.26. The molecule has 0 bridgehead atoms. The van der Waals surface area contributed by atoms with Gasteiger partial charge < -0.3 is 14.5 Å². The van der Waals surface area contributed by atoms with Gasteiger partial charge in [-0.15, -0.1) is 0 Å². The van der Waals surface area contributed by atoms with E-state index in [4.69, 9.17) is 10.00 Å². The maximum atomic E-state index is 12.2. The first-order valence-electron chi connectivity index (χ1n) is 7.77. The summed E-state index contributed by atoms with van der Waals surface area (Å²) in [6, 6.07) is 5.84. The average molecular weight is 298 g/mol. The lowest BCUT2D eigenvalue weighted by molar-refractivity contribution is -0.153. The summed E-state index contributed by atoms with van der Waals surface area (Å²) >= 11 is 0. The molecule has 4 rings (SSSR count). The van der Waals surface area contributed by atoms with Crippen LogP contribution in [0.5, 0.6) is 0 Å². The van der Waals surface area contributed by atoms with Crippen molar-refractivity contribution < 1.29 is 9.53 Å². The van der Waals surface area contributed by atoms with Gasteiger partial charge in [0, 0.05) is 25.8 Å². The number of ether oxygens (including phenoxy) is 1. The second-order valence-corrected chi connectivity index (χ2v) is 6.33. The summed E-state index contributed by atoms with van der Waals surface area (Å²) in [7, 11) is 0. The highest BCUT2D eigenvalue weighted by atomic mass is 16.5. The molecule has 2 aliphatic heterocycles. The normalized spacial score (nSPS) is 27.7. The van der Waals surface area contributed by atoms with Crippen molar-refractivity contribution in [2.75, 3.05) is 31.1 Å². The Kier molecular flexibility index (Phi) is 3.23. The molecule has 6 nitrogen and oxygen atoms in total. The zero-order valence-electron chi connectivity index (χ0n) is 12.3. The van der Waals surface area contributed by atoms with Crippen molar-refractivity contribution in [3.05, 3.63) is 23.9 Å². The molecule has 0 radical (unpaired) electrons. The third kappa shape index (κ3) is 2.42. The Balaban J connectivity index is 1.51. The molecular formula is C16H18N4O2. The molecular weight excluding hydrogens is 280 g/mol. The van der Waals surface area contributed by atoms with Gasteiger partial charge in [-0.25, -0.2) is 4.98 Å². The second kappa shape index (κ2) is 5.25. The number of nitriles is 1. The van der Waals surface area contributed by atoms with E-state index in [1.54, 1.807) is 12.3 Å². The third-order valence-electron chi connectivity index (χ3n) is 4.73. The summed E-state index contributed by atoms with van der Waals surface area (Å²) in [5, 5.41) is 8.85. The van der Waals surface area contributed by atoms with Crippen LogP contribution < -0.4 is 4.90 Å².